The quantitative estimate of drug-likeness (QED) is 0.394. The Hall–Kier alpha value is -2.62. The zero-order valence-corrected chi connectivity index (χ0v) is 15.1. The molecule has 0 radical (unpaired) electrons. The molecule has 3 nitrogen and oxygen atoms in total. The molecule has 0 saturated carbocycles. The third kappa shape index (κ3) is 5.95. The number of alkyl halides is 6. The normalized spacial score (nSPS) is 11.8. The first kappa shape index (κ1) is 21.7. The van der Waals surface area contributed by atoms with Gasteiger partial charge in [-0.3, -0.25) is 4.79 Å². The minimum Gasteiger partial charge on any atom is -0.358 e. The number of thiocarbonyl (C=S) groups is 1. The molecule has 0 aliphatic heterocycles. The summed E-state index contributed by atoms with van der Waals surface area (Å²) in [6, 6.07) is 7.63. The molecule has 150 valence electrons. The van der Waals surface area contributed by atoms with Crippen LogP contribution in [0.25, 0.3) is 0 Å². The minimum absolute atomic E-state index is 0.0399. The van der Waals surface area contributed by atoms with Gasteiger partial charge in [0.05, 0.1) is 11.1 Å². The highest BCUT2D eigenvalue weighted by Gasteiger charge is 2.37. The van der Waals surface area contributed by atoms with E-state index in [0.717, 1.165) is 0 Å². The van der Waals surface area contributed by atoms with Crippen molar-refractivity contribution in [1.29, 1.82) is 0 Å². The fourth-order valence-electron chi connectivity index (χ4n) is 2.24. The van der Waals surface area contributed by atoms with Crippen LogP contribution < -0.4 is 10.6 Å². The lowest BCUT2D eigenvalue weighted by Gasteiger charge is -2.16. The van der Waals surface area contributed by atoms with E-state index in [4.69, 9.17) is 12.2 Å². The van der Waals surface area contributed by atoms with Crippen LogP contribution in [-0.4, -0.2) is 10.9 Å². The van der Waals surface area contributed by atoms with Crippen LogP contribution in [0, 0.1) is 0 Å². The maximum Gasteiger partial charge on any atom is 0.416 e. The van der Waals surface area contributed by atoms with E-state index in [1.807, 2.05) is 0 Å². The lowest BCUT2D eigenvalue weighted by molar-refractivity contribution is -0.143. The van der Waals surface area contributed by atoms with Crippen molar-refractivity contribution in [2.24, 2.45) is 0 Å². The van der Waals surface area contributed by atoms with Gasteiger partial charge in [0.2, 0.25) is 0 Å². The predicted molar refractivity (Wildman–Crippen MR) is 96.0 cm³/mol. The van der Waals surface area contributed by atoms with Crippen LogP contribution in [0.2, 0.25) is 0 Å². The molecular weight excluding hydrogens is 406 g/mol. The monoisotopic (exact) mass is 420 g/mol. The first-order valence-electron chi connectivity index (χ1n) is 7.80. The summed E-state index contributed by atoms with van der Waals surface area (Å²) in [4.78, 5) is 11.2. The number of Topliss-reactive ketones (excluding diaryl/α,β-unsaturated/α-hetero) is 1. The Morgan fingerprint density at radius 3 is 1.86 bits per heavy atom. The molecule has 0 bridgehead atoms. The van der Waals surface area contributed by atoms with Crippen molar-refractivity contribution in [2.75, 3.05) is 5.32 Å². The summed E-state index contributed by atoms with van der Waals surface area (Å²) < 4.78 is 77.2. The summed E-state index contributed by atoms with van der Waals surface area (Å²) in [6.45, 7) is 1.58. The molecule has 2 rings (SSSR count). The van der Waals surface area contributed by atoms with Gasteiger partial charge in [0.15, 0.2) is 10.9 Å². The van der Waals surface area contributed by atoms with Gasteiger partial charge in [-0.2, -0.15) is 26.3 Å². The van der Waals surface area contributed by atoms with E-state index in [0.29, 0.717) is 23.3 Å². The molecule has 0 saturated heterocycles. The number of rotatable bonds is 4. The fourth-order valence-corrected chi connectivity index (χ4v) is 2.43. The number of benzene rings is 2. The zero-order chi connectivity index (χ0) is 21.1. The Kier molecular flexibility index (Phi) is 6.33. The summed E-state index contributed by atoms with van der Waals surface area (Å²) in [7, 11) is 0. The maximum absolute atomic E-state index is 12.9. The molecule has 10 heteroatoms. The van der Waals surface area contributed by atoms with Crippen LogP contribution in [0.5, 0.6) is 0 Å². The smallest absolute Gasteiger partial charge is 0.358 e. The number of carbonyl (C=O) groups excluding carboxylic acids is 1. The molecule has 0 fully saturated rings. The van der Waals surface area contributed by atoms with Crippen molar-refractivity contribution in [3.63, 3.8) is 0 Å². The van der Waals surface area contributed by atoms with Crippen molar-refractivity contribution in [2.45, 2.75) is 25.8 Å². The summed E-state index contributed by atoms with van der Waals surface area (Å²) in [5.74, 6) is -0.110. The van der Waals surface area contributed by atoms with Gasteiger partial charge in [-0.15, -0.1) is 0 Å². The largest absolute Gasteiger partial charge is 0.416 e. The lowest BCUT2D eigenvalue weighted by atomic mass is 10.1. The predicted octanol–water partition coefficient (Wildman–Crippen LogP) is 5.41. The number of ketones is 1. The molecule has 2 aromatic rings. The summed E-state index contributed by atoms with van der Waals surface area (Å²) in [5.41, 5.74) is -2.09. The highest BCUT2D eigenvalue weighted by atomic mass is 32.1. The van der Waals surface area contributed by atoms with E-state index >= 15 is 0 Å². The first-order chi connectivity index (χ1) is 12.9. The Morgan fingerprint density at radius 2 is 1.43 bits per heavy atom. The van der Waals surface area contributed by atoms with Crippen LogP contribution in [0.4, 0.5) is 32.0 Å². The van der Waals surface area contributed by atoms with Crippen molar-refractivity contribution < 1.29 is 31.1 Å². The van der Waals surface area contributed by atoms with E-state index in [1.165, 1.54) is 6.92 Å². The summed E-state index contributed by atoms with van der Waals surface area (Å²) >= 11 is 4.94. The molecule has 2 N–H and O–H groups in total. The molecule has 0 spiro atoms. The average Bonchev–Trinajstić information content (AvgIpc) is 2.58. The van der Waals surface area contributed by atoms with Crippen LogP contribution in [-0.2, 0) is 18.9 Å². The van der Waals surface area contributed by atoms with Gasteiger partial charge in [0, 0.05) is 17.8 Å². The molecule has 0 heterocycles. The van der Waals surface area contributed by atoms with Crippen molar-refractivity contribution in [3.05, 3.63) is 64.7 Å². The van der Waals surface area contributed by atoms with Gasteiger partial charge in [-0.25, -0.2) is 0 Å². The number of anilines is 1. The van der Waals surface area contributed by atoms with Gasteiger partial charge < -0.3 is 10.6 Å². The third-order valence-electron chi connectivity index (χ3n) is 3.66. The van der Waals surface area contributed by atoms with E-state index in [-0.39, 0.29) is 23.5 Å². The number of carbonyl (C=O) groups is 1. The van der Waals surface area contributed by atoms with Crippen LogP contribution >= 0.6 is 12.2 Å². The van der Waals surface area contributed by atoms with E-state index < -0.39 is 29.2 Å². The Labute approximate surface area is 161 Å². The second-order valence-corrected chi connectivity index (χ2v) is 6.26. The van der Waals surface area contributed by atoms with Crippen LogP contribution in [0.1, 0.15) is 34.0 Å². The van der Waals surface area contributed by atoms with E-state index in [9.17, 15) is 31.1 Å². The molecule has 0 aliphatic carbocycles. The molecular formula is C18H14F6N2OS. The Bertz CT molecular complexity index is 843. The van der Waals surface area contributed by atoms with Gasteiger partial charge in [0.1, 0.15) is 0 Å². The molecule has 0 unspecified atom stereocenters. The minimum atomic E-state index is -4.94. The highest BCUT2D eigenvalue weighted by Crippen LogP contribution is 2.37. The average molecular weight is 420 g/mol. The van der Waals surface area contributed by atoms with E-state index in [2.05, 4.69) is 10.6 Å². The van der Waals surface area contributed by atoms with Crippen molar-refractivity contribution in [1.82, 2.24) is 5.32 Å². The molecule has 0 aliphatic rings. The van der Waals surface area contributed by atoms with Crippen molar-refractivity contribution >= 4 is 28.8 Å². The molecule has 28 heavy (non-hydrogen) atoms. The standard InChI is InChI=1S/C18H14F6N2OS/c1-10(27)12-4-2-11(3-5-12)9-25-16(28)26-15-7-13(17(19,20)21)6-14(8-15)18(22,23)24/h2-8H,9H2,1H3,(H2,25,26,28). The number of nitrogens with one attached hydrogen (secondary N) is 2. The number of halogens is 6. The molecule has 2 aromatic carbocycles. The number of hydrogen-bond donors (Lipinski definition) is 2. The molecule has 0 aromatic heterocycles. The lowest BCUT2D eigenvalue weighted by Crippen LogP contribution is -2.28. The number of hydrogen-bond acceptors (Lipinski definition) is 2. The summed E-state index contributed by atoms with van der Waals surface area (Å²) in [5, 5.41) is 4.87. The Morgan fingerprint density at radius 1 is 0.929 bits per heavy atom. The van der Waals surface area contributed by atoms with Gasteiger partial charge >= 0.3 is 12.4 Å². The highest BCUT2D eigenvalue weighted by molar-refractivity contribution is 7.80. The second-order valence-electron chi connectivity index (χ2n) is 5.86. The first-order valence-corrected chi connectivity index (χ1v) is 8.21. The van der Waals surface area contributed by atoms with Gasteiger partial charge in [-0.1, -0.05) is 24.3 Å². The molecule has 0 atom stereocenters. The topological polar surface area (TPSA) is 41.1 Å². The van der Waals surface area contributed by atoms with E-state index in [1.54, 1.807) is 24.3 Å². The molecule has 0 amide bonds. The fraction of sp³-hybridized carbons (Fsp3) is 0.222. The SMILES string of the molecule is CC(=O)c1ccc(CNC(=S)Nc2cc(C(F)(F)F)cc(C(F)(F)F)c2)cc1. The van der Waals surface area contributed by atoms with Gasteiger partial charge in [0.25, 0.3) is 0 Å². The maximum atomic E-state index is 12.9. The second kappa shape index (κ2) is 8.17. The van der Waals surface area contributed by atoms with Crippen LogP contribution in [0.15, 0.2) is 42.5 Å². The van der Waals surface area contributed by atoms with Gasteiger partial charge in [-0.05, 0) is 42.9 Å². The van der Waals surface area contributed by atoms with Crippen molar-refractivity contribution in [3.8, 4) is 0 Å². The Balaban J connectivity index is 2.11. The zero-order valence-electron chi connectivity index (χ0n) is 14.3. The third-order valence-corrected chi connectivity index (χ3v) is 3.91. The summed E-state index contributed by atoms with van der Waals surface area (Å²) in [6.07, 6.45) is -9.88. The van der Waals surface area contributed by atoms with Crippen LogP contribution in [0.3, 0.4) is 0 Å².